The molecule has 0 saturated heterocycles. The first kappa shape index (κ1) is 30.9. The number of nitrogens with zero attached hydrogens (tertiary/aromatic N) is 2. The first-order valence-electron chi connectivity index (χ1n) is 13.7. The summed E-state index contributed by atoms with van der Waals surface area (Å²) in [6, 6.07) is 19.3. The van der Waals surface area contributed by atoms with E-state index in [0.717, 1.165) is 47.5 Å². The van der Waals surface area contributed by atoms with Crippen molar-refractivity contribution in [2.24, 2.45) is 0 Å². The van der Waals surface area contributed by atoms with Crippen molar-refractivity contribution in [2.75, 3.05) is 10.8 Å². The van der Waals surface area contributed by atoms with Crippen LogP contribution in [0.4, 0.5) is 5.69 Å². The summed E-state index contributed by atoms with van der Waals surface area (Å²) < 4.78 is 28.7. The Morgan fingerprint density at radius 3 is 2.24 bits per heavy atom. The van der Waals surface area contributed by atoms with Crippen molar-refractivity contribution in [3.8, 4) is 0 Å². The molecule has 7 nitrogen and oxygen atoms in total. The van der Waals surface area contributed by atoms with Crippen LogP contribution in [0, 0.1) is 6.92 Å². The summed E-state index contributed by atoms with van der Waals surface area (Å²) >= 11 is 12.7. The van der Waals surface area contributed by atoms with Gasteiger partial charge in [-0.3, -0.25) is 13.9 Å². The molecule has 0 bridgehead atoms. The zero-order chi connectivity index (χ0) is 29.6. The Balaban J connectivity index is 1.69. The summed E-state index contributed by atoms with van der Waals surface area (Å²) in [7, 11) is -4.23. The summed E-state index contributed by atoms with van der Waals surface area (Å²) in [5.41, 5.74) is 1.95. The van der Waals surface area contributed by atoms with Crippen LogP contribution in [-0.4, -0.2) is 43.8 Å². The molecule has 3 aromatic carbocycles. The molecule has 41 heavy (non-hydrogen) atoms. The number of halogens is 2. The lowest BCUT2D eigenvalue weighted by Gasteiger charge is -2.33. The van der Waals surface area contributed by atoms with E-state index >= 15 is 0 Å². The number of rotatable bonds is 10. The van der Waals surface area contributed by atoms with Crippen molar-refractivity contribution in [3.63, 3.8) is 0 Å². The van der Waals surface area contributed by atoms with E-state index < -0.39 is 28.5 Å². The SMILES string of the molecule is Cc1ccc(CN(C(=O)CN(c2cccc(Cl)c2Cl)S(=O)(=O)c2ccccc2)[C@@H](C)C(=O)NC2CCCCC2)cc1. The van der Waals surface area contributed by atoms with E-state index in [1.165, 1.54) is 23.1 Å². The van der Waals surface area contributed by atoms with Crippen molar-refractivity contribution in [1.82, 2.24) is 10.2 Å². The minimum atomic E-state index is -4.23. The highest BCUT2D eigenvalue weighted by Crippen LogP contribution is 2.35. The maximum absolute atomic E-state index is 14.1. The molecule has 1 fully saturated rings. The number of anilines is 1. The molecule has 1 N–H and O–H groups in total. The standard InChI is InChI=1S/C31H35Cl2N3O4S/c1-22-16-18-24(19-17-22)20-35(23(2)31(38)34-25-10-5-3-6-11-25)29(37)21-36(28-15-9-14-27(32)30(28)33)41(39,40)26-12-7-4-8-13-26/h4,7-9,12-19,23,25H,3,5-6,10-11,20-21H2,1-2H3,(H,34,38)/t23-/m0/s1. The number of amides is 2. The molecule has 0 radical (unpaired) electrons. The van der Waals surface area contributed by atoms with Crippen molar-refractivity contribution in [2.45, 2.75) is 69.5 Å². The molecule has 0 aromatic heterocycles. The average Bonchev–Trinajstić information content (AvgIpc) is 2.97. The van der Waals surface area contributed by atoms with E-state index in [1.54, 1.807) is 37.3 Å². The number of sulfonamides is 1. The second-order valence-corrected chi connectivity index (χ2v) is 13.1. The van der Waals surface area contributed by atoms with Gasteiger partial charge in [0.2, 0.25) is 11.8 Å². The Hall–Kier alpha value is -3.07. The zero-order valence-electron chi connectivity index (χ0n) is 23.2. The number of hydrogen-bond acceptors (Lipinski definition) is 4. The summed E-state index contributed by atoms with van der Waals surface area (Å²) in [5.74, 6) is -0.817. The monoisotopic (exact) mass is 615 g/mol. The van der Waals surface area contributed by atoms with Gasteiger partial charge in [-0.05, 0) is 56.5 Å². The van der Waals surface area contributed by atoms with E-state index in [2.05, 4.69) is 5.32 Å². The normalized spacial score (nSPS) is 14.7. The van der Waals surface area contributed by atoms with Crippen LogP contribution < -0.4 is 9.62 Å². The average molecular weight is 617 g/mol. The van der Waals surface area contributed by atoms with Crippen LogP contribution in [0.5, 0.6) is 0 Å². The molecule has 0 unspecified atom stereocenters. The minimum absolute atomic E-state index is 0.00276. The topological polar surface area (TPSA) is 86.8 Å². The molecule has 4 rings (SSSR count). The van der Waals surface area contributed by atoms with E-state index in [4.69, 9.17) is 23.2 Å². The summed E-state index contributed by atoms with van der Waals surface area (Å²) in [6.45, 7) is 3.19. The van der Waals surface area contributed by atoms with Gasteiger partial charge >= 0.3 is 0 Å². The Labute approximate surface area is 252 Å². The Morgan fingerprint density at radius 2 is 1.59 bits per heavy atom. The van der Waals surface area contributed by atoms with E-state index in [9.17, 15) is 18.0 Å². The lowest BCUT2D eigenvalue weighted by atomic mass is 9.95. The van der Waals surface area contributed by atoms with Crippen molar-refractivity contribution in [1.29, 1.82) is 0 Å². The van der Waals surface area contributed by atoms with Gasteiger partial charge in [0.1, 0.15) is 12.6 Å². The Morgan fingerprint density at radius 1 is 0.927 bits per heavy atom. The number of carbonyl (C=O) groups excluding carboxylic acids is 2. The summed E-state index contributed by atoms with van der Waals surface area (Å²) in [4.78, 5) is 28.9. The molecule has 10 heteroatoms. The number of nitrogens with one attached hydrogen (secondary N) is 1. The van der Waals surface area contributed by atoms with Gasteiger partial charge < -0.3 is 10.2 Å². The zero-order valence-corrected chi connectivity index (χ0v) is 25.6. The largest absolute Gasteiger partial charge is 0.352 e. The van der Waals surface area contributed by atoms with Crippen LogP contribution in [-0.2, 0) is 26.2 Å². The number of carbonyl (C=O) groups is 2. The molecule has 1 atom stereocenters. The quantitative estimate of drug-likeness (QED) is 0.287. The van der Waals surface area contributed by atoms with Crippen LogP contribution in [0.2, 0.25) is 10.0 Å². The third kappa shape index (κ3) is 7.61. The lowest BCUT2D eigenvalue weighted by molar-refractivity contribution is -0.139. The van der Waals surface area contributed by atoms with Gasteiger partial charge in [0, 0.05) is 12.6 Å². The third-order valence-electron chi connectivity index (χ3n) is 7.40. The number of benzene rings is 3. The third-order valence-corrected chi connectivity index (χ3v) is 9.99. The molecular formula is C31H35Cl2N3O4S. The van der Waals surface area contributed by atoms with Gasteiger partial charge in [0.25, 0.3) is 10.0 Å². The predicted octanol–water partition coefficient (Wildman–Crippen LogP) is 6.36. The highest BCUT2D eigenvalue weighted by molar-refractivity contribution is 7.92. The van der Waals surface area contributed by atoms with Crippen LogP contribution >= 0.6 is 23.2 Å². The smallest absolute Gasteiger partial charge is 0.264 e. The molecule has 1 aliphatic carbocycles. The highest BCUT2D eigenvalue weighted by Gasteiger charge is 2.34. The number of aryl methyl sites for hydroxylation is 1. The fourth-order valence-corrected chi connectivity index (χ4v) is 6.85. The molecule has 2 amide bonds. The van der Waals surface area contributed by atoms with Gasteiger partial charge in [0.15, 0.2) is 0 Å². The van der Waals surface area contributed by atoms with E-state index in [0.29, 0.717) is 0 Å². The van der Waals surface area contributed by atoms with Gasteiger partial charge in [-0.1, -0.05) is 96.6 Å². The van der Waals surface area contributed by atoms with E-state index in [-0.39, 0.29) is 39.1 Å². The van der Waals surface area contributed by atoms with Gasteiger partial charge in [-0.15, -0.1) is 0 Å². The maximum atomic E-state index is 14.1. The molecule has 3 aromatic rings. The maximum Gasteiger partial charge on any atom is 0.264 e. The molecular weight excluding hydrogens is 581 g/mol. The van der Waals surface area contributed by atoms with Crippen LogP contribution in [0.15, 0.2) is 77.7 Å². The minimum Gasteiger partial charge on any atom is -0.352 e. The van der Waals surface area contributed by atoms with E-state index in [1.807, 2.05) is 31.2 Å². The highest BCUT2D eigenvalue weighted by atomic mass is 35.5. The molecule has 0 heterocycles. The molecule has 1 aliphatic rings. The summed E-state index contributed by atoms with van der Waals surface area (Å²) in [6.07, 6.45) is 5.06. The van der Waals surface area contributed by atoms with Gasteiger partial charge in [-0.25, -0.2) is 8.42 Å². The van der Waals surface area contributed by atoms with Gasteiger partial charge in [0.05, 0.1) is 20.6 Å². The van der Waals surface area contributed by atoms with Crippen LogP contribution in [0.25, 0.3) is 0 Å². The second kappa shape index (κ2) is 13.7. The molecule has 0 aliphatic heterocycles. The Bertz CT molecular complexity index is 1460. The molecule has 1 saturated carbocycles. The lowest BCUT2D eigenvalue weighted by Crippen LogP contribution is -2.53. The van der Waals surface area contributed by atoms with Gasteiger partial charge in [-0.2, -0.15) is 0 Å². The fraction of sp³-hybridized carbons (Fsp3) is 0.355. The molecule has 0 spiro atoms. The van der Waals surface area contributed by atoms with Crippen LogP contribution in [0.1, 0.15) is 50.2 Å². The first-order valence-corrected chi connectivity index (χ1v) is 15.9. The molecule has 218 valence electrons. The number of hydrogen-bond donors (Lipinski definition) is 1. The first-order chi connectivity index (χ1) is 19.6. The summed E-state index contributed by atoms with van der Waals surface area (Å²) in [5, 5.41) is 3.27. The second-order valence-electron chi connectivity index (χ2n) is 10.4. The fourth-order valence-electron chi connectivity index (χ4n) is 4.96. The Kier molecular flexibility index (Phi) is 10.3. The van der Waals surface area contributed by atoms with Crippen molar-refractivity contribution < 1.29 is 18.0 Å². The van der Waals surface area contributed by atoms with Crippen molar-refractivity contribution >= 4 is 50.7 Å². The van der Waals surface area contributed by atoms with Crippen molar-refractivity contribution in [3.05, 3.63) is 94.0 Å². The predicted molar refractivity (Wildman–Crippen MR) is 164 cm³/mol. The van der Waals surface area contributed by atoms with Crippen LogP contribution in [0.3, 0.4) is 0 Å².